The summed E-state index contributed by atoms with van der Waals surface area (Å²) in [7, 11) is 0. The molecular formula is C11H19NO3. The van der Waals surface area contributed by atoms with Gasteiger partial charge < -0.3 is 10.5 Å². The lowest BCUT2D eigenvalue weighted by molar-refractivity contribution is -0.152. The molecule has 0 aliphatic heterocycles. The number of amides is 1. The summed E-state index contributed by atoms with van der Waals surface area (Å²) in [4.78, 5) is 22.5. The zero-order valence-electron chi connectivity index (χ0n) is 9.36. The highest BCUT2D eigenvalue weighted by atomic mass is 16.5. The van der Waals surface area contributed by atoms with Crippen LogP contribution in [0.3, 0.4) is 0 Å². The van der Waals surface area contributed by atoms with E-state index in [1.807, 2.05) is 0 Å². The van der Waals surface area contributed by atoms with Crippen LogP contribution >= 0.6 is 0 Å². The zero-order valence-corrected chi connectivity index (χ0v) is 9.36. The normalized spacial score (nSPS) is 26.5. The summed E-state index contributed by atoms with van der Waals surface area (Å²) < 4.78 is 4.82. The second kappa shape index (κ2) is 5.14. The number of primary amides is 1. The standard InChI is InChI=1S/C11H19NO3/c1-3-15-11(14)9(10(12)13)6-8-4-7(2)5-8/h7-9H,3-6H2,1-2H3,(H2,12,13)/t7?,8?,9-/m0/s1. The van der Waals surface area contributed by atoms with Crippen LogP contribution in [0.1, 0.15) is 33.1 Å². The highest BCUT2D eigenvalue weighted by Crippen LogP contribution is 2.37. The van der Waals surface area contributed by atoms with Gasteiger partial charge in [0.2, 0.25) is 5.91 Å². The Morgan fingerprint density at radius 1 is 1.47 bits per heavy atom. The minimum Gasteiger partial charge on any atom is -0.465 e. The van der Waals surface area contributed by atoms with Gasteiger partial charge in [0, 0.05) is 0 Å². The van der Waals surface area contributed by atoms with Gasteiger partial charge in [-0.3, -0.25) is 9.59 Å². The van der Waals surface area contributed by atoms with E-state index in [2.05, 4.69) is 6.92 Å². The van der Waals surface area contributed by atoms with Crippen molar-refractivity contribution in [1.82, 2.24) is 0 Å². The van der Waals surface area contributed by atoms with Crippen LogP contribution in [0, 0.1) is 17.8 Å². The molecule has 15 heavy (non-hydrogen) atoms. The summed E-state index contributed by atoms with van der Waals surface area (Å²) >= 11 is 0. The van der Waals surface area contributed by atoms with Gasteiger partial charge in [0.1, 0.15) is 5.92 Å². The molecule has 0 bridgehead atoms. The lowest BCUT2D eigenvalue weighted by Crippen LogP contribution is -2.36. The van der Waals surface area contributed by atoms with Crippen LogP contribution in [0.25, 0.3) is 0 Å². The maximum atomic E-state index is 11.4. The Morgan fingerprint density at radius 2 is 2.07 bits per heavy atom. The Bertz CT molecular complexity index is 246. The molecule has 0 heterocycles. The topological polar surface area (TPSA) is 69.4 Å². The second-order valence-electron chi connectivity index (χ2n) is 4.39. The van der Waals surface area contributed by atoms with Crippen molar-refractivity contribution in [3.63, 3.8) is 0 Å². The molecule has 1 aliphatic rings. The van der Waals surface area contributed by atoms with Crippen molar-refractivity contribution in [3.8, 4) is 0 Å². The van der Waals surface area contributed by atoms with E-state index in [0.717, 1.165) is 12.8 Å². The van der Waals surface area contributed by atoms with Gasteiger partial charge in [-0.25, -0.2) is 0 Å². The minimum atomic E-state index is -0.748. The van der Waals surface area contributed by atoms with E-state index in [-0.39, 0.29) is 0 Å². The van der Waals surface area contributed by atoms with Gasteiger partial charge in [0.05, 0.1) is 6.61 Å². The first-order valence-corrected chi connectivity index (χ1v) is 5.50. The number of rotatable bonds is 5. The number of hydrogen-bond acceptors (Lipinski definition) is 3. The maximum absolute atomic E-state index is 11.4. The third-order valence-corrected chi connectivity index (χ3v) is 2.95. The Balaban J connectivity index is 2.44. The van der Waals surface area contributed by atoms with Crippen LogP contribution in [-0.2, 0) is 14.3 Å². The number of hydrogen-bond donors (Lipinski definition) is 1. The fraction of sp³-hybridized carbons (Fsp3) is 0.818. The summed E-state index contributed by atoms with van der Waals surface area (Å²) in [6.45, 7) is 4.19. The molecule has 0 aromatic carbocycles. The lowest BCUT2D eigenvalue weighted by atomic mass is 9.72. The Kier molecular flexibility index (Phi) is 4.12. The van der Waals surface area contributed by atoms with Gasteiger partial charge in [-0.05, 0) is 38.0 Å². The third kappa shape index (κ3) is 3.22. The van der Waals surface area contributed by atoms with E-state index < -0.39 is 17.8 Å². The van der Waals surface area contributed by atoms with Gasteiger partial charge in [-0.1, -0.05) is 6.92 Å². The first kappa shape index (κ1) is 12.0. The van der Waals surface area contributed by atoms with Crippen LogP contribution in [-0.4, -0.2) is 18.5 Å². The molecule has 2 N–H and O–H groups in total. The summed E-state index contributed by atoms with van der Waals surface area (Å²) in [6.07, 6.45) is 2.73. The van der Waals surface area contributed by atoms with Crippen molar-refractivity contribution in [1.29, 1.82) is 0 Å². The van der Waals surface area contributed by atoms with E-state index in [0.29, 0.717) is 24.9 Å². The van der Waals surface area contributed by atoms with Gasteiger partial charge >= 0.3 is 5.97 Å². The average Bonchev–Trinajstić information content (AvgIpc) is 2.10. The molecule has 1 atom stereocenters. The Hall–Kier alpha value is -1.06. The quantitative estimate of drug-likeness (QED) is 0.549. The summed E-state index contributed by atoms with van der Waals surface area (Å²) in [5.74, 6) is -0.604. The molecule has 0 unspecified atom stereocenters. The van der Waals surface area contributed by atoms with Crippen molar-refractivity contribution in [3.05, 3.63) is 0 Å². The number of carbonyl (C=O) groups excluding carboxylic acids is 2. The summed E-state index contributed by atoms with van der Waals surface area (Å²) in [5.41, 5.74) is 5.19. The van der Waals surface area contributed by atoms with E-state index in [1.165, 1.54) is 0 Å². The molecule has 0 aromatic heterocycles. The number of carbonyl (C=O) groups is 2. The SMILES string of the molecule is CCOC(=O)[C@@H](CC1CC(C)C1)C(N)=O. The first-order valence-electron chi connectivity index (χ1n) is 5.50. The van der Waals surface area contributed by atoms with Crippen LogP contribution in [0.4, 0.5) is 0 Å². The molecule has 1 rings (SSSR count). The van der Waals surface area contributed by atoms with Crippen LogP contribution < -0.4 is 5.73 Å². The van der Waals surface area contributed by atoms with Crippen molar-refractivity contribution in [2.75, 3.05) is 6.61 Å². The molecule has 86 valence electrons. The molecule has 0 spiro atoms. The van der Waals surface area contributed by atoms with Crippen molar-refractivity contribution in [2.45, 2.75) is 33.1 Å². The fourth-order valence-corrected chi connectivity index (χ4v) is 2.17. The smallest absolute Gasteiger partial charge is 0.318 e. The highest BCUT2D eigenvalue weighted by Gasteiger charge is 2.34. The van der Waals surface area contributed by atoms with Crippen LogP contribution in [0.5, 0.6) is 0 Å². The fourth-order valence-electron chi connectivity index (χ4n) is 2.17. The molecule has 1 saturated carbocycles. The first-order chi connectivity index (χ1) is 7.04. The van der Waals surface area contributed by atoms with Gasteiger partial charge in [-0.2, -0.15) is 0 Å². The van der Waals surface area contributed by atoms with E-state index in [9.17, 15) is 9.59 Å². The average molecular weight is 213 g/mol. The molecule has 0 aromatic rings. The van der Waals surface area contributed by atoms with Crippen molar-refractivity contribution >= 4 is 11.9 Å². The molecule has 0 radical (unpaired) electrons. The van der Waals surface area contributed by atoms with Crippen LogP contribution in [0.2, 0.25) is 0 Å². The molecule has 4 heteroatoms. The zero-order chi connectivity index (χ0) is 11.4. The molecule has 1 amide bonds. The molecule has 0 saturated heterocycles. The van der Waals surface area contributed by atoms with E-state index >= 15 is 0 Å². The predicted octanol–water partition coefficient (Wildman–Crippen LogP) is 1.09. The number of esters is 1. The van der Waals surface area contributed by atoms with Crippen LogP contribution in [0.15, 0.2) is 0 Å². The monoisotopic (exact) mass is 213 g/mol. The van der Waals surface area contributed by atoms with Crippen molar-refractivity contribution < 1.29 is 14.3 Å². The minimum absolute atomic E-state index is 0.295. The second-order valence-corrected chi connectivity index (χ2v) is 4.39. The number of nitrogens with two attached hydrogens (primary N) is 1. The van der Waals surface area contributed by atoms with Crippen molar-refractivity contribution in [2.24, 2.45) is 23.5 Å². The largest absolute Gasteiger partial charge is 0.465 e. The predicted molar refractivity (Wildman–Crippen MR) is 55.8 cm³/mol. The Labute approximate surface area is 90.2 Å². The number of ether oxygens (including phenoxy) is 1. The molecule has 1 fully saturated rings. The molecule has 4 nitrogen and oxygen atoms in total. The highest BCUT2D eigenvalue weighted by molar-refractivity contribution is 5.96. The Morgan fingerprint density at radius 3 is 2.47 bits per heavy atom. The van der Waals surface area contributed by atoms with E-state index in [1.54, 1.807) is 6.92 Å². The maximum Gasteiger partial charge on any atom is 0.318 e. The summed E-state index contributed by atoms with van der Waals surface area (Å²) in [6, 6.07) is 0. The van der Waals surface area contributed by atoms with Gasteiger partial charge in [0.25, 0.3) is 0 Å². The summed E-state index contributed by atoms with van der Waals surface area (Å²) in [5, 5.41) is 0. The molecule has 1 aliphatic carbocycles. The third-order valence-electron chi connectivity index (χ3n) is 2.95. The van der Waals surface area contributed by atoms with Gasteiger partial charge in [0.15, 0.2) is 0 Å². The van der Waals surface area contributed by atoms with Gasteiger partial charge in [-0.15, -0.1) is 0 Å². The molecular weight excluding hydrogens is 194 g/mol. The van der Waals surface area contributed by atoms with E-state index in [4.69, 9.17) is 10.5 Å². The lowest BCUT2D eigenvalue weighted by Gasteiger charge is -2.34.